The summed E-state index contributed by atoms with van der Waals surface area (Å²) in [5.41, 5.74) is 2.10. The molecular weight excluding hydrogens is 304 g/mol. The Bertz CT molecular complexity index is 448. The summed E-state index contributed by atoms with van der Waals surface area (Å²) >= 11 is 0. The van der Waals surface area contributed by atoms with Crippen LogP contribution in [0.2, 0.25) is 0 Å². The Morgan fingerprint density at radius 3 is 2.30 bits per heavy atom. The van der Waals surface area contributed by atoms with Gasteiger partial charge in [0.2, 0.25) is 10.5 Å². The molecule has 0 bridgehead atoms. The lowest BCUT2D eigenvalue weighted by Gasteiger charge is -2.17. The van der Waals surface area contributed by atoms with E-state index in [2.05, 4.69) is 13.0 Å². The van der Waals surface area contributed by atoms with Gasteiger partial charge in [0, 0.05) is 0 Å². The van der Waals surface area contributed by atoms with Crippen molar-refractivity contribution in [2.75, 3.05) is 6.61 Å². The minimum atomic E-state index is -0.530. The number of benzene rings is 1. The Kier molecular flexibility index (Phi) is 10.7. The number of carbonyl (C=O) groups excluding carboxylic acids is 1. The lowest BCUT2D eigenvalue weighted by atomic mass is 9.92. The summed E-state index contributed by atoms with van der Waals surface area (Å²) < 4.78 is 4.94. The van der Waals surface area contributed by atoms with Crippen LogP contribution in [0.5, 0.6) is 0 Å². The zero-order chi connectivity index (χ0) is 16.9. The highest BCUT2D eigenvalue weighted by molar-refractivity contribution is 6.06. The molecule has 1 atom stereocenters. The molecule has 130 valence electrons. The minimum Gasteiger partial charge on any atom is -0.528 e. The fraction of sp³-hybridized carbons (Fsp3) is 0.632. The number of rotatable bonds is 12. The van der Waals surface area contributed by atoms with Crippen LogP contribution in [0.1, 0.15) is 75.3 Å². The van der Waals surface area contributed by atoms with Gasteiger partial charge in [-0.15, -0.1) is 0 Å². The van der Waals surface area contributed by atoms with Crippen LogP contribution in [0.15, 0.2) is 24.3 Å². The third-order valence-corrected chi connectivity index (χ3v) is 4.80. The van der Waals surface area contributed by atoms with Gasteiger partial charge >= 0.3 is 5.97 Å². The number of aryl methyl sites for hydroxylation is 1. The van der Waals surface area contributed by atoms with Crippen molar-refractivity contribution < 1.29 is 14.3 Å². The molecule has 0 aliphatic rings. The van der Waals surface area contributed by atoms with E-state index in [4.69, 9.17) is 4.43 Å². The van der Waals surface area contributed by atoms with Gasteiger partial charge in [0.05, 0.1) is 6.61 Å². The van der Waals surface area contributed by atoms with Crippen LogP contribution in [0.4, 0.5) is 0 Å². The quantitative estimate of drug-likeness (QED) is 0.471. The molecule has 4 heteroatoms. The molecule has 1 unspecified atom stereocenters. The van der Waals surface area contributed by atoms with Crippen LogP contribution in [0, 0.1) is 0 Å². The van der Waals surface area contributed by atoms with Crippen molar-refractivity contribution in [1.29, 1.82) is 0 Å². The highest BCUT2D eigenvalue weighted by Gasteiger charge is 2.22. The molecule has 0 heterocycles. The molecule has 1 aromatic carbocycles. The van der Waals surface area contributed by atoms with Crippen molar-refractivity contribution in [2.45, 2.75) is 70.6 Å². The average molecular weight is 337 g/mol. The first-order valence-corrected chi connectivity index (χ1v) is 9.82. The predicted molar refractivity (Wildman–Crippen MR) is 98.6 cm³/mol. The van der Waals surface area contributed by atoms with Crippen molar-refractivity contribution >= 4 is 16.5 Å². The Balaban J connectivity index is 2.43. The first kappa shape index (κ1) is 19.9. The van der Waals surface area contributed by atoms with Crippen molar-refractivity contribution in [3.05, 3.63) is 35.4 Å². The summed E-state index contributed by atoms with van der Waals surface area (Å²) in [7, 11) is 0.368. The molecule has 0 amide bonds. The van der Waals surface area contributed by atoms with E-state index in [0.717, 1.165) is 18.4 Å². The molecule has 0 fully saturated rings. The molecule has 0 radical (unpaired) electrons. The Labute approximate surface area is 144 Å². The number of hydrogen-bond donors (Lipinski definition) is 1. The fourth-order valence-electron chi connectivity index (χ4n) is 2.99. The summed E-state index contributed by atoms with van der Waals surface area (Å²) in [4.78, 5) is 11.8. The molecular formula is C19H32O3Si. The van der Waals surface area contributed by atoms with Gasteiger partial charge in [-0.25, -0.2) is 0 Å². The minimum absolute atomic E-state index is 0.185. The highest BCUT2D eigenvalue weighted by atomic mass is 28.2. The van der Waals surface area contributed by atoms with Gasteiger partial charge < -0.3 is 9.53 Å². The molecule has 23 heavy (non-hydrogen) atoms. The van der Waals surface area contributed by atoms with E-state index in [9.17, 15) is 9.90 Å². The first-order valence-electron chi connectivity index (χ1n) is 9.01. The smallest absolute Gasteiger partial charge is 0.301 e. The largest absolute Gasteiger partial charge is 0.528 e. The third-order valence-electron chi connectivity index (χ3n) is 4.40. The van der Waals surface area contributed by atoms with E-state index in [0.29, 0.717) is 10.5 Å². The molecule has 0 spiro atoms. The lowest BCUT2D eigenvalue weighted by Crippen LogP contribution is -2.19. The Morgan fingerprint density at radius 1 is 1.09 bits per heavy atom. The molecule has 0 aliphatic heterocycles. The van der Waals surface area contributed by atoms with Crippen molar-refractivity contribution in [1.82, 2.24) is 0 Å². The van der Waals surface area contributed by atoms with Gasteiger partial charge in [0.25, 0.3) is 0 Å². The van der Waals surface area contributed by atoms with Crippen LogP contribution in [-0.4, -0.2) is 28.2 Å². The second-order valence-electron chi connectivity index (χ2n) is 6.18. The highest BCUT2D eigenvalue weighted by Crippen LogP contribution is 2.23. The molecule has 1 rings (SSSR count). The Morgan fingerprint density at radius 2 is 1.70 bits per heavy atom. The number of aliphatic hydroxyl groups is 1. The average Bonchev–Trinajstić information content (AvgIpc) is 2.58. The molecule has 0 aliphatic carbocycles. The van der Waals surface area contributed by atoms with E-state index in [-0.39, 0.29) is 12.6 Å². The number of unbranched alkanes of at least 4 members (excludes halogenated alkanes) is 7. The standard InChI is InChI=1S/C19H32O3Si/c1-2-3-4-5-6-7-8-9-12-16-13-10-11-14-17(16)18(15-20)19(21)22-23/h10-11,13-14,18,20H,2-9,12,15H2,1,23H3. The maximum absolute atomic E-state index is 11.8. The normalized spacial score (nSPS) is 12.3. The van der Waals surface area contributed by atoms with E-state index in [1.54, 1.807) is 0 Å². The van der Waals surface area contributed by atoms with Gasteiger partial charge in [-0.05, 0) is 24.0 Å². The van der Waals surface area contributed by atoms with Crippen LogP contribution >= 0.6 is 0 Å². The monoisotopic (exact) mass is 336 g/mol. The number of carbonyl (C=O) groups is 1. The number of hydrogen-bond acceptors (Lipinski definition) is 3. The molecule has 0 aromatic heterocycles. The molecule has 0 saturated heterocycles. The van der Waals surface area contributed by atoms with Crippen LogP contribution in [0.3, 0.4) is 0 Å². The van der Waals surface area contributed by atoms with E-state index in [1.165, 1.54) is 50.5 Å². The summed E-state index contributed by atoms with van der Waals surface area (Å²) in [5.74, 6) is -0.833. The van der Waals surface area contributed by atoms with E-state index >= 15 is 0 Å². The summed E-state index contributed by atoms with van der Waals surface area (Å²) in [6.45, 7) is 2.06. The van der Waals surface area contributed by atoms with Crippen LogP contribution in [0.25, 0.3) is 0 Å². The summed E-state index contributed by atoms with van der Waals surface area (Å²) in [5, 5.41) is 9.53. The number of aliphatic hydroxyl groups excluding tert-OH is 1. The summed E-state index contributed by atoms with van der Waals surface area (Å²) in [6.07, 6.45) is 11.3. The van der Waals surface area contributed by atoms with Crippen LogP contribution in [-0.2, 0) is 15.6 Å². The maximum atomic E-state index is 11.8. The van der Waals surface area contributed by atoms with Gasteiger partial charge in [-0.1, -0.05) is 76.1 Å². The third kappa shape index (κ3) is 7.31. The van der Waals surface area contributed by atoms with E-state index < -0.39 is 5.92 Å². The summed E-state index contributed by atoms with van der Waals surface area (Å²) in [6, 6.07) is 7.94. The van der Waals surface area contributed by atoms with E-state index in [1.807, 2.05) is 18.2 Å². The molecule has 0 saturated carbocycles. The maximum Gasteiger partial charge on any atom is 0.301 e. The molecule has 1 N–H and O–H groups in total. The van der Waals surface area contributed by atoms with Gasteiger partial charge in [-0.3, -0.25) is 4.79 Å². The molecule has 3 nitrogen and oxygen atoms in total. The second-order valence-corrected chi connectivity index (χ2v) is 6.59. The lowest BCUT2D eigenvalue weighted by molar-refractivity contribution is -0.136. The van der Waals surface area contributed by atoms with Gasteiger partial charge in [0.1, 0.15) is 5.92 Å². The second kappa shape index (κ2) is 12.3. The first-order chi connectivity index (χ1) is 11.2. The predicted octanol–water partition coefficient (Wildman–Crippen LogP) is 3.27. The van der Waals surface area contributed by atoms with Crippen molar-refractivity contribution in [2.24, 2.45) is 0 Å². The van der Waals surface area contributed by atoms with Gasteiger partial charge in [-0.2, -0.15) is 0 Å². The SMILES string of the molecule is CCCCCCCCCCc1ccccc1C(CO)C(=O)O[SiH3]. The zero-order valence-corrected chi connectivity index (χ0v) is 16.7. The van der Waals surface area contributed by atoms with Crippen molar-refractivity contribution in [3.63, 3.8) is 0 Å². The Hall–Kier alpha value is -1.13. The fourth-order valence-corrected chi connectivity index (χ4v) is 3.28. The topological polar surface area (TPSA) is 46.5 Å². The molecule has 1 aromatic rings. The van der Waals surface area contributed by atoms with Crippen LogP contribution < -0.4 is 0 Å². The zero-order valence-electron chi connectivity index (χ0n) is 14.7. The van der Waals surface area contributed by atoms with Gasteiger partial charge in [0.15, 0.2) is 0 Å². The van der Waals surface area contributed by atoms with Crippen molar-refractivity contribution in [3.8, 4) is 0 Å².